The number of amides is 1. The van der Waals surface area contributed by atoms with Crippen LogP contribution in [0.5, 0.6) is 0 Å². The van der Waals surface area contributed by atoms with Gasteiger partial charge in [-0.15, -0.1) is 0 Å². The van der Waals surface area contributed by atoms with Crippen LogP contribution < -0.4 is 21.1 Å². The minimum atomic E-state index is -3.19. The number of rotatable bonds is 8. The molecule has 1 aromatic rings. The monoisotopic (exact) mass is 321 g/mol. The van der Waals surface area contributed by atoms with E-state index in [-0.39, 0.29) is 18.3 Å². The Labute approximate surface area is 122 Å². The van der Waals surface area contributed by atoms with Gasteiger partial charge < -0.3 is 16.4 Å². The number of hydrogen-bond acceptors (Lipinski definition) is 7. The average Bonchev–Trinajstić information content (AvgIpc) is 2.69. The Morgan fingerprint density at radius 3 is 2.70 bits per heavy atom. The zero-order chi connectivity index (χ0) is 15.2. The number of hydrogen-bond donors (Lipinski definition) is 4. The molecule has 1 heterocycles. The molecular weight excluding hydrogens is 302 g/mol. The summed E-state index contributed by atoms with van der Waals surface area (Å²) in [5, 5.41) is 6.26. The van der Waals surface area contributed by atoms with E-state index in [0.29, 0.717) is 29.5 Å². The predicted octanol–water partition coefficient (Wildman–Crippen LogP) is -0.174. The molecule has 1 aromatic heterocycles. The van der Waals surface area contributed by atoms with Crippen LogP contribution in [0.2, 0.25) is 0 Å². The lowest BCUT2D eigenvalue weighted by Crippen LogP contribution is -2.29. The number of thiazole rings is 1. The first-order valence-electron chi connectivity index (χ1n) is 6.06. The van der Waals surface area contributed by atoms with Crippen LogP contribution in [0, 0.1) is 0 Å². The van der Waals surface area contributed by atoms with Crippen molar-refractivity contribution in [2.45, 2.75) is 13.3 Å². The molecule has 20 heavy (non-hydrogen) atoms. The summed E-state index contributed by atoms with van der Waals surface area (Å²) in [6, 6.07) is 0. The van der Waals surface area contributed by atoms with Crippen molar-refractivity contribution in [2.75, 3.05) is 36.9 Å². The SMILES string of the molecule is CCNc1nc(N)c(C(=O)NCCCNS(C)(=O)=O)s1. The fraction of sp³-hybridized carbons (Fsp3) is 0.600. The molecule has 0 saturated heterocycles. The van der Waals surface area contributed by atoms with Gasteiger partial charge in [-0.05, 0) is 13.3 Å². The minimum absolute atomic E-state index is 0.192. The Bertz CT molecular complexity index is 555. The van der Waals surface area contributed by atoms with Crippen LogP contribution in [-0.4, -0.2) is 45.2 Å². The van der Waals surface area contributed by atoms with E-state index in [1.165, 1.54) is 11.3 Å². The molecule has 0 aliphatic carbocycles. The third-order valence-electron chi connectivity index (χ3n) is 2.19. The third kappa shape index (κ3) is 5.72. The Balaban J connectivity index is 2.39. The predicted molar refractivity (Wildman–Crippen MR) is 80.5 cm³/mol. The van der Waals surface area contributed by atoms with Crippen LogP contribution in [0.3, 0.4) is 0 Å². The van der Waals surface area contributed by atoms with Gasteiger partial charge in [0.2, 0.25) is 10.0 Å². The molecule has 0 aliphatic heterocycles. The molecule has 114 valence electrons. The van der Waals surface area contributed by atoms with Crippen molar-refractivity contribution < 1.29 is 13.2 Å². The van der Waals surface area contributed by atoms with Crippen molar-refractivity contribution in [3.63, 3.8) is 0 Å². The normalized spacial score (nSPS) is 11.3. The van der Waals surface area contributed by atoms with Gasteiger partial charge in [-0.1, -0.05) is 11.3 Å². The molecule has 10 heteroatoms. The molecule has 0 saturated carbocycles. The molecule has 0 bridgehead atoms. The van der Waals surface area contributed by atoms with E-state index < -0.39 is 10.0 Å². The van der Waals surface area contributed by atoms with Crippen LogP contribution in [0.25, 0.3) is 0 Å². The summed E-state index contributed by atoms with van der Waals surface area (Å²) >= 11 is 1.19. The summed E-state index contributed by atoms with van der Waals surface area (Å²) in [6.07, 6.45) is 1.59. The molecule has 0 fully saturated rings. The van der Waals surface area contributed by atoms with E-state index in [1.807, 2.05) is 6.92 Å². The highest BCUT2D eigenvalue weighted by molar-refractivity contribution is 7.88. The van der Waals surface area contributed by atoms with Gasteiger partial charge in [0.25, 0.3) is 5.91 Å². The largest absolute Gasteiger partial charge is 0.382 e. The highest BCUT2D eigenvalue weighted by Gasteiger charge is 2.15. The van der Waals surface area contributed by atoms with Crippen molar-refractivity contribution in [2.24, 2.45) is 0 Å². The van der Waals surface area contributed by atoms with Crippen molar-refractivity contribution in [3.8, 4) is 0 Å². The van der Waals surface area contributed by atoms with Crippen LogP contribution >= 0.6 is 11.3 Å². The second-order valence-electron chi connectivity index (χ2n) is 4.04. The lowest BCUT2D eigenvalue weighted by Gasteiger charge is -2.04. The summed E-state index contributed by atoms with van der Waals surface area (Å²) < 4.78 is 24.0. The Hall–Kier alpha value is -1.39. The molecule has 0 spiro atoms. The molecule has 8 nitrogen and oxygen atoms in total. The number of nitrogens with one attached hydrogen (secondary N) is 3. The quantitative estimate of drug-likeness (QED) is 0.492. The molecule has 1 amide bonds. The molecular formula is C10H19N5O3S2. The molecule has 1 rings (SSSR count). The van der Waals surface area contributed by atoms with Crippen LogP contribution in [0.1, 0.15) is 23.0 Å². The number of anilines is 2. The maximum absolute atomic E-state index is 11.9. The van der Waals surface area contributed by atoms with Crippen molar-refractivity contribution in [1.82, 2.24) is 15.0 Å². The van der Waals surface area contributed by atoms with Gasteiger partial charge in [0.15, 0.2) is 5.13 Å². The van der Waals surface area contributed by atoms with E-state index in [2.05, 4.69) is 20.3 Å². The Morgan fingerprint density at radius 1 is 1.40 bits per heavy atom. The number of nitrogens with zero attached hydrogens (tertiary/aromatic N) is 1. The van der Waals surface area contributed by atoms with E-state index in [0.717, 1.165) is 6.26 Å². The standard InChI is InChI=1S/C10H19N5O3S2/c1-3-12-10-15-8(11)7(19-10)9(16)13-5-4-6-14-20(2,17)18/h14H,3-6,11H2,1-2H3,(H,12,15)(H,13,16). The second kappa shape index (κ2) is 7.41. The topological polar surface area (TPSA) is 126 Å². The first kappa shape index (κ1) is 16.7. The fourth-order valence-corrected chi connectivity index (χ4v) is 2.73. The molecule has 0 aromatic carbocycles. The Morgan fingerprint density at radius 2 is 2.10 bits per heavy atom. The van der Waals surface area contributed by atoms with Crippen molar-refractivity contribution in [3.05, 3.63) is 4.88 Å². The smallest absolute Gasteiger partial charge is 0.265 e. The summed E-state index contributed by atoms with van der Waals surface area (Å²) in [5.41, 5.74) is 5.67. The van der Waals surface area contributed by atoms with Gasteiger partial charge in [-0.3, -0.25) is 4.79 Å². The third-order valence-corrected chi connectivity index (χ3v) is 3.95. The molecule has 0 aliphatic rings. The summed E-state index contributed by atoms with van der Waals surface area (Å²) in [5.74, 6) is -0.110. The highest BCUT2D eigenvalue weighted by Crippen LogP contribution is 2.24. The lowest BCUT2D eigenvalue weighted by molar-refractivity contribution is 0.0958. The van der Waals surface area contributed by atoms with Crippen molar-refractivity contribution in [1.29, 1.82) is 0 Å². The van der Waals surface area contributed by atoms with Gasteiger partial charge in [0.05, 0.1) is 6.26 Å². The zero-order valence-electron chi connectivity index (χ0n) is 11.4. The average molecular weight is 321 g/mol. The summed E-state index contributed by atoms with van der Waals surface area (Å²) in [6.45, 7) is 3.26. The van der Waals surface area contributed by atoms with E-state index in [9.17, 15) is 13.2 Å². The number of carbonyl (C=O) groups excluding carboxylic acids is 1. The van der Waals surface area contributed by atoms with Gasteiger partial charge in [0, 0.05) is 19.6 Å². The number of nitrogen functional groups attached to an aromatic ring is 1. The molecule has 0 radical (unpaired) electrons. The van der Waals surface area contributed by atoms with E-state index in [1.54, 1.807) is 0 Å². The van der Waals surface area contributed by atoms with Crippen molar-refractivity contribution >= 4 is 38.2 Å². The van der Waals surface area contributed by atoms with Gasteiger partial charge >= 0.3 is 0 Å². The van der Waals surface area contributed by atoms with Gasteiger partial charge in [-0.2, -0.15) is 0 Å². The molecule has 0 unspecified atom stereocenters. The number of nitrogens with two attached hydrogens (primary N) is 1. The van der Waals surface area contributed by atoms with Crippen LogP contribution in [-0.2, 0) is 10.0 Å². The molecule has 0 atom stereocenters. The van der Waals surface area contributed by atoms with Gasteiger partial charge in [-0.25, -0.2) is 18.1 Å². The highest BCUT2D eigenvalue weighted by atomic mass is 32.2. The van der Waals surface area contributed by atoms with E-state index >= 15 is 0 Å². The number of carbonyl (C=O) groups is 1. The first-order chi connectivity index (χ1) is 9.33. The minimum Gasteiger partial charge on any atom is -0.382 e. The molecule has 5 N–H and O–H groups in total. The first-order valence-corrected chi connectivity index (χ1v) is 8.77. The Kier molecular flexibility index (Phi) is 6.17. The maximum atomic E-state index is 11.9. The fourth-order valence-electron chi connectivity index (χ4n) is 1.35. The van der Waals surface area contributed by atoms with E-state index in [4.69, 9.17) is 5.73 Å². The summed E-state index contributed by atoms with van der Waals surface area (Å²) in [4.78, 5) is 16.2. The number of aromatic nitrogens is 1. The second-order valence-corrected chi connectivity index (χ2v) is 6.87. The van der Waals surface area contributed by atoms with Crippen LogP contribution in [0.4, 0.5) is 10.9 Å². The lowest BCUT2D eigenvalue weighted by atomic mass is 10.4. The van der Waals surface area contributed by atoms with Crippen LogP contribution in [0.15, 0.2) is 0 Å². The maximum Gasteiger partial charge on any atom is 0.265 e. The zero-order valence-corrected chi connectivity index (χ0v) is 13.0. The van der Waals surface area contributed by atoms with Gasteiger partial charge in [0.1, 0.15) is 10.7 Å². The number of sulfonamides is 1. The summed E-state index contributed by atoms with van der Waals surface area (Å²) in [7, 11) is -3.19.